The van der Waals surface area contributed by atoms with E-state index in [9.17, 15) is 13.2 Å². The van der Waals surface area contributed by atoms with Gasteiger partial charge in [-0.05, 0) is 49.3 Å². The summed E-state index contributed by atoms with van der Waals surface area (Å²) in [5.74, 6) is 1.33. The first kappa shape index (κ1) is 21.3. The summed E-state index contributed by atoms with van der Waals surface area (Å²) in [6.07, 6.45) is 5.73. The zero-order valence-electron chi connectivity index (χ0n) is 18.1. The van der Waals surface area contributed by atoms with Crippen molar-refractivity contribution in [1.82, 2.24) is 18.7 Å². The molecule has 4 rings (SSSR count). The molecule has 0 amide bonds. The molecule has 7 nitrogen and oxygen atoms in total. The van der Waals surface area contributed by atoms with Crippen LogP contribution in [-0.2, 0) is 17.1 Å². The molecular weight excluding hydrogens is 400 g/mol. The number of nitrogens with zero attached hydrogens (tertiary/aromatic N) is 4. The van der Waals surface area contributed by atoms with Crippen LogP contribution >= 0.6 is 0 Å². The minimum absolute atomic E-state index is 0.0443. The molecule has 1 aromatic heterocycles. The topological polar surface area (TPSA) is 77.2 Å². The molecule has 1 saturated carbocycles. The van der Waals surface area contributed by atoms with Crippen molar-refractivity contribution in [3.63, 3.8) is 0 Å². The van der Waals surface area contributed by atoms with Crippen LogP contribution in [0.2, 0.25) is 0 Å². The van der Waals surface area contributed by atoms with E-state index in [2.05, 4.69) is 18.9 Å². The quantitative estimate of drug-likeness (QED) is 0.726. The zero-order valence-corrected chi connectivity index (χ0v) is 18.9. The van der Waals surface area contributed by atoms with Crippen LogP contribution in [0.25, 0.3) is 0 Å². The average Bonchev–Trinajstić information content (AvgIpc) is 3.36. The minimum atomic E-state index is -3.50. The summed E-state index contributed by atoms with van der Waals surface area (Å²) < 4.78 is 31.1. The van der Waals surface area contributed by atoms with E-state index in [1.165, 1.54) is 4.68 Å². The molecule has 2 aliphatic rings. The Bertz CT molecular complexity index is 1040. The van der Waals surface area contributed by atoms with E-state index in [1.54, 1.807) is 23.5 Å². The Balaban J connectivity index is 1.50. The fraction of sp³-hybridized carbons (Fsp3) is 0.636. The lowest BCUT2D eigenvalue weighted by molar-refractivity contribution is 0.304. The van der Waals surface area contributed by atoms with Gasteiger partial charge in [0.25, 0.3) is 0 Å². The van der Waals surface area contributed by atoms with Gasteiger partial charge >= 0.3 is 5.69 Å². The summed E-state index contributed by atoms with van der Waals surface area (Å²) in [7, 11) is -1.79. The Morgan fingerprint density at radius 2 is 1.60 bits per heavy atom. The molecule has 0 radical (unpaired) electrons. The highest BCUT2D eigenvalue weighted by Crippen LogP contribution is 2.34. The maximum atomic E-state index is 13.1. The predicted molar refractivity (Wildman–Crippen MR) is 116 cm³/mol. The number of rotatable bonds is 5. The van der Waals surface area contributed by atoms with Crippen molar-refractivity contribution >= 4 is 10.0 Å². The molecule has 164 valence electrons. The van der Waals surface area contributed by atoms with Crippen molar-refractivity contribution in [2.24, 2.45) is 7.05 Å². The van der Waals surface area contributed by atoms with Gasteiger partial charge in [-0.3, -0.25) is 4.57 Å². The maximum absolute atomic E-state index is 13.1. The standard InChI is InChI=1S/C22H32N4O3S/c1-16(2)17-8-10-20(11-9-17)30(28,29)25-14-12-18(13-15-25)21-23-24(3)22(27)26(21)19-6-4-5-7-19/h8-11,16,18-19H,4-7,12-15H2,1-3H3. The number of aromatic nitrogens is 3. The van der Waals surface area contributed by atoms with Crippen LogP contribution in [0.15, 0.2) is 34.0 Å². The first-order valence-electron chi connectivity index (χ1n) is 11.0. The number of sulfonamides is 1. The molecular formula is C22H32N4O3S. The Labute approximate surface area is 178 Å². The van der Waals surface area contributed by atoms with Gasteiger partial charge in [-0.15, -0.1) is 0 Å². The van der Waals surface area contributed by atoms with E-state index in [4.69, 9.17) is 0 Å². The molecule has 0 N–H and O–H groups in total. The molecule has 8 heteroatoms. The fourth-order valence-electron chi connectivity index (χ4n) is 4.81. The Morgan fingerprint density at radius 3 is 2.17 bits per heavy atom. The lowest BCUT2D eigenvalue weighted by Gasteiger charge is -2.31. The van der Waals surface area contributed by atoms with Gasteiger partial charge in [-0.25, -0.2) is 17.9 Å². The third-order valence-corrected chi connectivity index (χ3v) is 8.59. The van der Waals surface area contributed by atoms with E-state index in [1.807, 2.05) is 16.7 Å². The van der Waals surface area contributed by atoms with E-state index in [0.29, 0.717) is 36.7 Å². The highest BCUT2D eigenvalue weighted by atomic mass is 32.2. The molecule has 30 heavy (non-hydrogen) atoms. The maximum Gasteiger partial charge on any atom is 0.345 e. The highest BCUT2D eigenvalue weighted by Gasteiger charge is 2.34. The van der Waals surface area contributed by atoms with Crippen molar-refractivity contribution < 1.29 is 8.42 Å². The summed E-state index contributed by atoms with van der Waals surface area (Å²) >= 11 is 0. The van der Waals surface area contributed by atoms with Crippen molar-refractivity contribution in [2.45, 2.75) is 75.1 Å². The van der Waals surface area contributed by atoms with Gasteiger partial charge < -0.3 is 0 Å². The second-order valence-corrected chi connectivity index (χ2v) is 10.9. The van der Waals surface area contributed by atoms with Gasteiger partial charge in [-0.2, -0.15) is 9.40 Å². The van der Waals surface area contributed by atoms with Crippen molar-refractivity contribution in [3.8, 4) is 0 Å². The first-order chi connectivity index (χ1) is 14.3. The first-order valence-corrected chi connectivity index (χ1v) is 12.5. The zero-order chi connectivity index (χ0) is 21.5. The van der Waals surface area contributed by atoms with Crippen LogP contribution in [0.4, 0.5) is 0 Å². The van der Waals surface area contributed by atoms with Crippen molar-refractivity contribution in [2.75, 3.05) is 13.1 Å². The van der Waals surface area contributed by atoms with Gasteiger partial charge in [0.1, 0.15) is 5.82 Å². The van der Waals surface area contributed by atoms with Crippen molar-refractivity contribution in [1.29, 1.82) is 0 Å². The normalized spacial score (nSPS) is 19.7. The molecule has 1 aliphatic carbocycles. The molecule has 0 spiro atoms. The minimum Gasteiger partial charge on any atom is -0.276 e. The molecule has 2 heterocycles. The van der Waals surface area contributed by atoms with Gasteiger partial charge in [0.15, 0.2) is 0 Å². The predicted octanol–water partition coefficient (Wildman–Crippen LogP) is 3.39. The number of hydrogen-bond donors (Lipinski definition) is 0. The Kier molecular flexibility index (Phi) is 5.90. The van der Waals surface area contributed by atoms with Gasteiger partial charge in [0.05, 0.1) is 4.90 Å². The smallest absolute Gasteiger partial charge is 0.276 e. The number of piperidine rings is 1. The summed E-state index contributed by atoms with van der Waals surface area (Å²) in [4.78, 5) is 13.0. The Morgan fingerprint density at radius 1 is 1.00 bits per heavy atom. The lowest BCUT2D eigenvalue weighted by Crippen LogP contribution is -2.38. The third-order valence-electron chi connectivity index (χ3n) is 6.68. The molecule has 0 unspecified atom stereocenters. The summed E-state index contributed by atoms with van der Waals surface area (Å²) in [5, 5.41) is 4.55. The van der Waals surface area contributed by atoms with E-state index >= 15 is 0 Å². The Hall–Kier alpha value is -1.93. The molecule has 0 atom stereocenters. The van der Waals surface area contributed by atoms with Gasteiger partial charge in [0, 0.05) is 32.1 Å². The summed E-state index contributed by atoms with van der Waals surface area (Å²) in [5.41, 5.74) is 1.09. The number of aryl methyl sites for hydroxylation is 1. The highest BCUT2D eigenvalue weighted by molar-refractivity contribution is 7.89. The van der Waals surface area contributed by atoms with Crippen LogP contribution < -0.4 is 5.69 Å². The third kappa shape index (κ3) is 3.87. The number of benzene rings is 1. The van der Waals surface area contributed by atoms with E-state index < -0.39 is 10.0 Å². The summed E-state index contributed by atoms with van der Waals surface area (Å²) in [6, 6.07) is 7.47. The molecule has 1 saturated heterocycles. The van der Waals surface area contributed by atoms with Gasteiger partial charge in [0.2, 0.25) is 10.0 Å². The molecule has 2 aromatic rings. The second kappa shape index (κ2) is 8.30. The molecule has 0 bridgehead atoms. The molecule has 2 fully saturated rings. The molecule has 1 aromatic carbocycles. The SMILES string of the molecule is CC(C)c1ccc(S(=O)(=O)N2CCC(c3nn(C)c(=O)n3C3CCCC3)CC2)cc1. The van der Waals surface area contributed by atoms with Crippen molar-refractivity contribution in [3.05, 3.63) is 46.1 Å². The van der Waals surface area contributed by atoms with Crippen LogP contribution in [0, 0.1) is 0 Å². The largest absolute Gasteiger partial charge is 0.345 e. The lowest BCUT2D eigenvalue weighted by atomic mass is 9.97. The monoisotopic (exact) mass is 432 g/mol. The van der Waals surface area contributed by atoms with Crippen LogP contribution in [-0.4, -0.2) is 40.2 Å². The average molecular weight is 433 g/mol. The molecule has 1 aliphatic heterocycles. The second-order valence-electron chi connectivity index (χ2n) is 8.97. The fourth-order valence-corrected chi connectivity index (χ4v) is 6.28. The number of hydrogen-bond acceptors (Lipinski definition) is 4. The summed E-state index contributed by atoms with van der Waals surface area (Å²) in [6.45, 7) is 5.09. The van der Waals surface area contributed by atoms with Gasteiger partial charge in [-0.1, -0.05) is 38.8 Å². The van der Waals surface area contributed by atoms with Crippen LogP contribution in [0.1, 0.15) is 81.6 Å². The van der Waals surface area contributed by atoms with Crippen LogP contribution in [0.5, 0.6) is 0 Å². The van der Waals surface area contributed by atoms with E-state index in [0.717, 1.165) is 37.1 Å². The van der Waals surface area contributed by atoms with E-state index in [-0.39, 0.29) is 17.6 Å². The van der Waals surface area contributed by atoms with Crippen LogP contribution in [0.3, 0.4) is 0 Å².